The second-order valence-electron chi connectivity index (χ2n) is 5.37. The fourth-order valence-electron chi connectivity index (χ4n) is 2.01. The number of anilines is 1. The molecule has 0 bridgehead atoms. The minimum atomic E-state index is -0.136. The summed E-state index contributed by atoms with van der Waals surface area (Å²) in [6, 6.07) is 11.5. The summed E-state index contributed by atoms with van der Waals surface area (Å²) < 4.78 is 0. The smallest absolute Gasteiger partial charge is 0.255 e. The van der Waals surface area contributed by atoms with Gasteiger partial charge in [-0.3, -0.25) is 9.78 Å². The normalized spacial score (nSPS) is 11.7. The van der Waals surface area contributed by atoms with Gasteiger partial charge >= 0.3 is 0 Å². The number of pyridine rings is 1. The van der Waals surface area contributed by atoms with Gasteiger partial charge < -0.3 is 10.6 Å². The lowest BCUT2D eigenvalue weighted by Crippen LogP contribution is -2.20. The number of benzene rings is 1. The first kappa shape index (κ1) is 15.9. The quantitative estimate of drug-likeness (QED) is 0.801. The lowest BCUT2D eigenvalue weighted by Gasteiger charge is -2.15. The van der Waals surface area contributed by atoms with Gasteiger partial charge in [-0.25, -0.2) is 0 Å². The summed E-state index contributed by atoms with van der Waals surface area (Å²) in [5.41, 5.74) is 3.64. The van der Waals surface area contributed by atoms with Crippen molar-refractivity contribution in [3.05, 3.63) is 72.1 Å². The standard InChI is InChI=1S/C18H21N3O/c1-13(2)12-20-14(3)15-4-6-17(7-5-15)21-18(22)16-8-10-19-11-9-16/h4-11,14,20H,1,12H2,2-3H3,(H,21,22)/t14-/m0/s1. The van der Waals surface area contributed by atoms with Crippen LogP contribution in [0.5, 0.6) is 0 Å². The van der Waals surface area contributed by atoms with Gasteiger partial charge in [0.2, 0.25) is 0 Å². The molecule has 0 aliphatic heterocycles. The fourth-order valence-corrected chi connectivity index (χ4v) is 2.01. The van der Waals surface area contributed by atoms with Crippen molar-refractivity contribution in [2.24, 2.45) is 0 Å². The summed E-state index contributed by atoms with van der Waals surface area (Å²) in [6.07, 6.45) is 3.21. The molecular formula is C18H21N3O. The van der Waals surface area contributed by atoms with Crippen LogP contribution >= 0.6 is 0 Å². The maximum Gasteiger partial charge on any atom is 0.255 e. The molecule has 0 radical (unpaired) electrons. The number of hydrogen-bond donors (Lipinski definition) is 2. The third kappa shape index (κ3) is 4.53. The Balaban J connectivity index is 1.97. The summed E-state index contributed by atoms with van der Waals surface area (Å²) in [5, 5.41) is 6.26. The van der Waals surface area contributed by atoms with E-state index in [0.29, 0.717) is 5.56 Å². The summed E-state index contributed by atoms with van der Waals surface area (Å²) in [5.74, 6) is -0.136. The zero-order valence-corrected chi connectivity index (χ0v) is 13.0. The average Bonchev–Trinajstić information content (AvgIpc) is 2.54. The van der Waals surface area contributed by atoms with E-state index in [0.717, 1.165) is 17.8 Å². The molecule has 1 aromatic heterocycles. The van der Waals surface area contributed by atoms with Crippen LogP contribution in [0.1, 0.15) is 35.8 Å². The third-order valence-corrected chi connectivity index (χ3v) is 3.32. The van der Waals surface area contributed by atoms with Crippen molar-refractivity contribution < 1.29 is 4.79 Å². The summed E-state index contributed by atoms with van der Waals surface area (Å²) in [6.45, 7) is 8.78. The van der Waals surface area contributed by atoms with Gasteiger partial charge in [0, 0.05) is 36.2 Å². The van der Waals surface area contributed by atoms with Crippen LogP contribution < -0.4 is 10.6 Å². The zero-order chi connectivity index (χ0) is 15.9. The molecule has 0 saturated carbocycles. The lowest BCUT2D eigenvalue weighted by atomic mass is 10.1. The Morgan fingerprint density at radius 2 is 1.82 bits per heavy atom. The maximum atomic E-state index is 12.0. The molecule has 0 aliphatic rings. The Morgan fingerprint density at radius 1 is 1.18 bits per heavy atom. The highest BCUT2D eigenvalue weighted by molar-refractivity contribution is 6.04. The average molecular weight is 295 g/mol. The van der Waals surface area contributed by atoms with Gasteiger partial charge in [-0.1, -0.05) is 24.3 Å². The molecule has 22 heavy (non-hydrogen) atoms. The molecule has 1 heterocycles. The predicted octanol–water partition coefficient (Wildman–Crippen LogP) is 3.56. The van der Waals surface area contributed by atoms with Gasteiger partial charge in [0.25, 0.3) is 5.91 Å². The minimum Gasteiger partial charge on any atom is -0.322 e. The molecule has 1 atom stereocenters. The molecule has 0 spiro atoms. The van der Waals surface area contributed by atoms with E-state index in [4.69, 9.17) is 0 Å². The number of rotatable bonds is 6. The van der Waals surface area contributed by atoms with Crippen molar-refractivity contribution in [1.82, 2.24) is 10.3 Å². The van der Waals surface area contributed by atoms with E-state index < -0.39 is 0 Å². The van der Waals surface area contributed by atoms with E-state index in [1.165, 1.54) is 5.56 Å². The molecule has 2 rings (SSSR count). The Labute approximate surface area is 131 Å². The van der Waals surface area contributed by atoms with E-state index >= 15 is 0 Å². The molecule has 114 valence electrons. The van der Waals surface area contributed by atoms with Crippen LogP contribution in [0.25, 0.3) is 0 Å². The van der Waals surface area contributed by atoms with Gasteiger partial charge in [-0.05, 0) is 43.7 Å². The van der Waals surface area contributed by atoms with Gasteiger partial charge in [0.15, 0.2) is 0 Å². The number of amides is 1. The van der Waals surface area contributed by atoms with Crippen LogP contribution in [0.15, 0.2) is 60.9 Å². The maximum absolute atomic E-state index is 12.0. The molecule has 0 saturated heterocycles. The number of carbonyl (C=O) groups excluding carboxylic acids is 1. The van der Waals surface area contributed by atoms with Crippen LogP contribution in [0.4, 0.5) is 5.69 Å². The van der Waals surface area contributed by atoms with E-state index in [2.05, 4.69) is 29.1 Å². The lowest BCUT2D eigenvalue weighted by molar-refractivity contribution is 0.102. The molecular weight excluding hydrogens is 274 g/mol. The molecule has 2 aromatic rings. The topological polar surface area (TPSA) is 54.0 Å². The van der Waals surface area contributed by atoms with Gasteiger partial charge in [-0.2, -0.15) is 0 Å². The molecule has 2 N–H and O–H groups in total. The molecule has 4 heteroatoms. The molecule has 0 unspecified atom stereocenters. The van der Waals surface area contributed by atoms with E-state index in [1.807, 2.05) is 31.2 Å². The van der Waals surface area contributed by atoms with Crippen LogP contribution in [0, 0.1) is 0 Å². The Morgan fingerprint density at radius 3 is 2.41 bits per heavy atom. The van der Waals surface area contributed by atoms with Crippen molar-refractivity contribution in [3.63, 3.8) is 0 Å². The molecule has 1 aromatic carbocycles. The number of aromatic nitrogens is 1. The first-order chi connectivity index (χ1) is 10.6. The Hall–Kier alpha value is -2.46. The zero-order valence-electron chi connectivity index (χ0n) is 13.0. The third-order valence-electron chi connectivity index (χ3n) is 3.32. The molecule has 0 aliphatic carbocycles. The van der Waals surface area contributed by atoms with Crippen molar-refractivity contribution >= 4 is 11.6 Å². The van der Waals surface area contributed by atoms with Crippen molar-refractivity contribution in [1.29, 1.82) is 0 Å². The molecule has 1 amide bonds. The van der Waals surface area contributed by atoms with Crippen LogP contribution in [-0.2, 0) is 0 Å². The minimum absolute atomic E-state index is 0.136. The largest absolute Gasteiger partial charge is 0.322 e. The van der Waals surface area contributed by atoms with Gasteiger partial charge in [-0.15, -0.1) is 0 Å². The number of carbonyl (C=O) groups is 1. The monoisotopic (exact) mass is 295 g/mol. The highest BCUT2D eigenvalue weighted by Gasteiger charge is 2.07. The second kappa shape index (κ2) is 7.52. The number of nitrogens with zero attached hydrogens (tertiary/aromatic N) is 1. The highest BCUT2D eigenvalue weighted by atomic mass is 16.1. The predicted molar refractivity (Wildman–Crippen MR) is 89.9 cm³/mol. The van der Waals surface area contributed by atoms with Gasteiger partial charge in [0.05, 0.1) is 0 Å². The van der Waals surface area contributed by atoms with Crippen molar-refractivity contribution in [2.45, 2.75) is 19.9 Å². The number of nitrogens with one attached hydrogen (secondary N) is 2. The highest BCUT2D eigenvalue weighted by Crippen LogP contribution is 2.16. The first-order valence-corrected chi connectivity index (χ1v) is 7.25. The first-order valence-electron chi connectivity index (χ1n) is 7.25. The Kier molecular flexibility index (Phi) is 5.44. The van der Waals surface area contributed by atoms with E-state index in [1.54, 1.807) is 24.5 Å². The van der Waals surface area contributed by atoms with E-state index in [9.17, 15) is 4.79 Å². The van der Waals surface area contributed by atoms with Crippen LogP contribution in [-0.4, -0.2) is 17.4 Å². The van der Waals surface area contributed by atoms with Crippen molar-refractivity contribution in [3.8, 4) is 0 Å². The molecule has 0 fully saturated rings. The summed E-state index contributed by atoms with van der Waals surface area (Å²) in [7, 11) is 0. The SMILES string of the molecule is C=C(C)CN[C@@H](C)c1ccc(NC(=O)c2ccncc2)cc1. The van der Waals surface area contributed by atoms with Crippen LogP contribution in [0.3, 0.4) is 0 Å². The summed E-state index contributed by atoms with van der Waals surface area (Å²) >= 11 is 0. The van der Waals surface area contributed by atoms with E-state index in [-0.39, 0.29) is 11.9 Å². The van der Waals surface area contributed by atoms with Crippen molar-refractivity contribution in [2.75, 3.05) is 11.9 Å². The summed E-state index contributed by atoms with van der Waals surface area (Å²) in [4.78, 5) is 16.0. The number of hydrogen-bond acceptors (Lipinski definition) is 3. The van der Waals surface area contributed by atoms with Gasteiger partial charge in [0.1, 0.15) is 0 Å². The Bertz CT molecular complexity index is 635. The molecule has 4 nitrogen and oxygen atoms in total. The fraction of sp³-hybridized carbons (Fsp3) is 0.222. The van der Waals surface area contributed by atoms with Crippen LogP contribution in [0.2, 0.25) is 0 Å². The second-order valence-corrected chi connectivity index (χ2v) is 5.37.